The van der Waals surface area contributed by atoms with Gasteiger partial charge in [-0.3, -0.25) is 0 Å². The minimum Gasteiger partial charge on any atom is -0.334 e. The van der Waals surface area contributed by atoms with Gasteiger partial charge in [0.25, 0.3) is 5.89 Å². The van der Waals surface area contributed by atoms with Crippen molar-refractivity contribution in [1.29, 1.82) is 0 Å². The third-order valence-corrected chi connectivity index (χ3v) is 3.32. The van der Waals surface area contributed by atoms with Gasteiger partial charge in [-0.2, -0.15) is 4.98 Å². The molecule has 1 unspecified atom stereocenters. The highest BCUT2D eigenvalue weighted by molar-refractivity contribution is 5.53. The van der Waals surface area contributed by atoms with Crippen molar-refractivity contribution in [1.82, 2.24) is 15.5 Å². The molecule has 0 radical (unpaired) electrons. The summed E-state index contributed by atoms with van der Waals surface area (Å²) in [5.74, 6) is 1.87. The van der Waals surface area contributed by atoms with Crippen molar-refractivity contribution in [2.75, 3.05) is 0 Å². The summed E-state index contributed by atoms with van der Waals surface area (Å²) >= 11 is 0. The lowest BCUT2D eigenvalue weighted by molar-refractivity contribution is 0.397. The molecule has 4 heteroatoms. The van der Waals surface area contributed by atoms with Crippen LogP contribution in [0.4, 0.5) is 0 Å². The van der Waals surface area contributed by atoms with Gasteiger partial charge in [-0.25, -0.2) is 0 Å². The van der Waals surface area contributed by atoms with Crippen molar-refractivity contribution < 1.29 is 4.52 Å². The Labute approximate surface area is 114 Å². The number of nitrogens with zero attached hydrogens (tertiary/aromatic N) is 2. The first-order chi connectivity index (χ1) is 9.06. The third-order valence-electron chi connectivity index (χ3n) is 3.32. The van der Waals surface area contributed by atoms with Gasteiger partial charge < -0.3 is 9.84 Å². The topological polar surface area (TPSA) is 51.0 Å². The lowest BCUT2D eigenvalue weighted by Crippen LogP contribution is -2.30. The molecule has 1 aromatic carbocycles. The number of aryl methyl sites for hydroxylation is 1. The van der Waals surface area contributed by atoms with Crippen LogP contribution in [0.15, 0.2) is 28.8 Å². The highest BCUT2D eigenvalue weighted by atomic mass is 16.5. The van der Waals surface area contributed by atoms with Gasteiger partial charge in [-0.05, 0) is 31.9 Å². The average molecular weight is 259 g/mol. The third kappa shape index (κ3) is 3.64. The van der Waals surface area contributed by atoms with E-state index in [1.165, 1.54) is 5.56 Å². The predicted octanol–water partition coefficient (Wildman–Crippen LogP) is 3.18. The lowest BCUT2D eigenvalue weighted by Gasteiger charge is -2.15. The summed E-state index contributed by atoms with van der Waals surface area (Å²) in [4.78, 5) is 4.41. The van der Waals surface area contributed by atoms with E-state index >= 15 is 0 Å². The Morgan fingerprint density at radius 1 is 1.26 bits per heavy atom. The van der Waals surface area contributed by atoms with Gasteiger partial charge in [0.2, 0.25) is 0 Å². The van der Waals surface area contributed by atoms with Gasteiger partial charge in [0.15, 0.2) is 5.82 Å². The fourth-order valence-electron chi connectivity index (χ4n) is 1.71. The number of nitrogens with one attached hydrogen (secondary N) is 1. The van der Waals surface area contributed by atoms with Crippen molar-refractivity contribution in [3.05, 3.63) is 35.7 Å². The SMILES string of the molecule is Cc1cccc(-c2nc(CNC(C)C(C)C)no2)c1. The van der Waals surface area contributed by atoms with E-state index in [2.05, 4.69) is 36.2 Å². The van der Waals surface area contributed by atoms with Crippen LogP contribution in [0, 0.1) is 12.8 Å². The summed E-state index contributed by atoms with van der Waals surface area (Å²) in [5, 5.41) is 7.39. The first-order valence-corrected chi connectivity index (χ1v) is 6.69. The zero-order chi connectivity index (χ0) is 13.8. The van der Waals surface area contributed by atoms with Gasteiger partial charge in [-0.15, -0.1) is 0 Å². The number of aromatic nitrogens is 2. The van der Waals surface area contributed by atoms with Gasteiger partial charge in [-0.1, -0.05) is 36.7 Å². The molecule has 0 saturated carbocycles. The maximum Gasteiger partial charge on any atom is 0.257 e. The fraction of sp³-hybridized carbons (Fsp3) is 0.467. The van der Waals surface area contributed by atoms with Gasteiger partial charge in [0.1, 0.15) is 0 Å². The quantitative estimate of drug-likeness (QED) is 0.896. The van der Waals surface area contributed by atoms with Crippen molar-refractivity contribution in [3.8, 4) is 11.5 Å². The standard InChI is InChI=1S/C15H21N3O/c1-10(2)12(4)16-9-14-17-15(19-18-14)13-7-5-6-11(3)8-13/h5-8,10,12,16H,9H2,1-4H3. The molecule has 102 valence electrons. The van der Waals surface area contributed by atoms with Crippen LogP contribution in [-0.4, -0.2) is 16.2 Å². The highest BCUT2D eigenvalue weighted by Gasteiger charge is 2.11. The minimum atomic E-state index is 0.431. The molecule has 1 heterocycles. The molecule has 0 aliphatic carbocycles. The van der Waals surface area contributed by atoms with Crippen LogP contribution in [0.3, 0.4) is 0 Å². The number of rotatable bonds is 5. The van der Waals surface area contributed by atoms with Crippen LogP contribution < -0.4 is 5.32 Å². The van der Waals surface area contributed by atoms with E-state index in [-0.39, 0.29) is 0 Å². The second-order valence-electron chi connectivity index (χ2n) is 5.30. The molecule has 0 amide bonds. The van der Waals surface area contributed by atoms with E-state index < -0.39 is 0 Å². The Morgan fingerprint density at radius 3 is 2.74 bits per heavy atom. The van der Waals surface area contributed by atoms with Crippen molar-refractivity contribution in [2.45, 2.75) is 40.3 Å². The Balaban J connectivity index is 2.03. The van der Waals surface area contributed by atoms with Crippen molar-refractivity contribution in [2.24, 2.45) is 5.92 Å². The van der Waals surface area contributed by atoms with E-state index in [4.69, 9.17) is 4.52 Å². The van der Waals surface area contributed by atoms with Crippen LogP contribution in [-0.2, 0) is 6.54 Å². The lowest BCUT2D eigenvalue weighted by atomic mass is 10.1. The van der Waals surface area contributed by atoms with Crippen LogP contribution in [0.2, 0.25) is 0 Å². The maximum absolute atomic E-state index is 5.30. The zero-order valence-corrected chi connectivity index (χ0v) is 12.0. The smallest absolute Gasteiger partial charge is 0.257 e. The molecule has 0 aliphatic rings. The zero-order valence-electron chi connectivity index (χ0n) is 12.0. The molecule has 0 aliphatic heterocycles. The second kappa shape index (κ2) is 5.97. The summed E-state index contributed by atoms with van der Waals surface area (Å²) in [5.41, 5.74) is 2.15. The molecule has 0 fully saturated rings. The Kier molecular flexibility index (Phi) is 4.32. The Hall–Kier alpha value is -1.68. The molecule has 1 atom stereocenters. The first kappa shape index (κ1) is 13.7. The Morgan fingerprint density at radius 2 is 2.05 bits per heavy atom. The monoisotopic (exact) mass is 259 g/mol. The van der Waals surface area contributed by atoms with Gasteiger partial charge in [0, 0.05) is 11.6 Å². The molecule has 0 saturated heterocycles. The predicted molar refractivity (Wildman–Crippen MR) is 75.6 cm³/mol. The molecule has 4 nitrogen and oxygen atoms in total. The number of benzene rings is 1. The summed E-state index contributed by atoms with van der Waals surface area (Å²) < 4.78 is 5.30. The molecule has 1 aromatic heterocycles. The van der Waals surface area contributed by atoms with Crippen LogP contribution >= 0.6 is 0 Å². The summed E-state index contributed by atoms with van der Waals surface area (Å²) in [6, 6.07) is 8.50. The molecular formula is C15H21N3O. The van der Waals surface area contributed by atoms with Gasteiger partial charge in [0.05, 0.1) is 6.54 Å². The molecule has 2 aromatic rings. The summed E-state index contributed by atoms with van der Waals surface area (Å²) in [6.07, 6.45) is 0. The van der Waals surface area contributed by atoms with Crippen LogP contribution in [0.5, 0.6) is 0 Å². The van der Waals surface area contributed by atoms with Crippen molar-refractivity contribution in [3.63, 3.8) is 0 Å². The van der Waals surface area contributed by atoms with Gasteiger partial charge >= 0.3 is 0 Å². The molecule has 0 spiro atoms. The molecule has 1 N–H and O–H groups in total. The molecule has 2 rings (SSSR count). The normalized spacial score (nSPS) is 12.9. The van der Waals surface area contributed by atoms with E-state index in [0.717, 1.165) is 5.56 Å². The van der Waals surface area contributed by atoms with Crippen molar-refractivity contribution >= 4 is 0 Å². The average Bonchev–Trinajstić information content (AvgIpc) is 2.84. The van der Waals surface area contributed by atoms with Crippen LogP contribution in [0.25, 0.3) is 11.5 Å². The number of hydrogen-bond acceptors (Lipinski definition) is 4. The first-order valence-electron chi connectivity index (χ1n) is 6.69. The van der Waals surface area contributed by atoms with Crippen LogP contribution in [0.1, 0.15) is 32.2 Å². The fourth-order valence-corrected chi connectivity index (χ4v) is 1.71. The molecule has 19 heavy (non-hydrogen) atoms. The number of hydrogen-bond donors (Lipinski definition) is 1. The second-order valence-corrected chi connectivity index (χ2v) is 5.30. The summed E-state index contributed by atoms with van der Waals surface area (Å²) in [6.45, 7) is 9.21. The molecule has 0 bridgehead atoms. The van der Waals surface area contributed by atoms with E-state index in [1.54, 1.807) is 0 Å². The summed E-state index contributed by atoms with van der Waals surface area (Å²) in [7, 11) is 0. The minimum absolute atomic E-state index is 0.431. The van der Waals surface area contributed by atoms with E-state index in [0.29, 0.717) is 30.2 Å². The van der Waals surface area contributed by atoms with E-state index in [1.807, 2.05) is 31.2 Å². The molecular weight excluding hydrogens is 238 g/mol. The largest absolute Gasteiger partial charge is 0.334 e. The maximum atomic E-state index is 5.30. The Bertz CT molecular complexity index is 534. The highest BCUT2D eigenvalue weighted by Crippen LogP contribution is 2.18. The van der Waals surface area contributed by atoms with E-state index in [9.17, 15) is 0 Å².